The number of phenols is 1. The van der Waals surface area contributed by atoms with Gasteiger partial charge in [-0.05, 0) is 66.0 Å². The molecule has 0 heterocycles. The van der Waals surface area contributed by atoms with E-state index in [1.807, 2.05) is 0 Å². The third-order valence-electron chi connectivity index (χ3n) is 6.59. The zero-order valence-corrected chi connectivity index (χ0v) is 24.4. The lowest BCUT2D eigenvalue weighted by Gasteiger charge is -2.10. The molecule has 0 saturated carbocycles. The lowest BCUT2D eigenvalue weighted by Crippen LogP contribution is -2.02. The third kappa shape index (κ3) is 6.21. The first-order valence-corrected chi connectivity index (χ1v) is 15.4. The molecule has 0 atom stereocenters. The quantitative estimate of drug-likeness (QED) is 0.0632. The molecule has 0 radical (unpaired) electrons. The monoisotopic (exact) mass is 665 g/mol. The van der Waals surface area contributed by atoms with Crippen molar-refractivity contribution >= 4 is 82.2 Å². The van der Waals surface area contributed by atoms with Crippen LogP contribution < -0.4 is 5.73 Å². The van der Waals surface area contributed by atoms with Gasteiger partial charge in [-0.3, -0.25) is 9.11 Å². The molecular weight excluding hydrogens is 646 g/mol. The summed E-state index contributed by atoms with van der Waals surface area (Å²) in [5, 5.41) is 46.5. The highest BCUT2D eigenvalue weighted by Crippen LogP contribution is 2.43. The molecule has 0 bridgehead atoms. The lowest BCUT2D eigenvalue weighted by molar-refractivity contribution is 0.0686. The number of anilines is 1. The first-order valence-electron chi connectivity index (χ1n) is 12.6. The molecule has 0 saturated heterocycles. The highest BCUT2D eigenvalue weighted by atomic mass is 32.2. The van der Waals surface area contributed by atoms with Crippen molar-refractivity contribution in [2.24, 2.45) is 20.5 Å². The molecule has 0 fully saturated rings. The van der Waals surface area contributed by atoms with Gasteiger partial charge in [0, 0.05) is 21.8 Å². The number of aromatic carboxylic acids is 2. The number of carboxylic acids is 2. The van der Waals surface area contributed by atoms with E-state index >= 15 is 0 Å². The van der Waals surface area contributed by atoms with Crippen LogP contribution in [0.15, 0.2) is 103 Å². The Morgan fingerprint density at radius 3 is 1.89 bits per heavy atom. The molecule has 0 aliphatic carbocycles. The fraction of sp³-hybridized carbons (Fsp3) is 0. The Labute approximate surface area is 258 Å². The number of hydrogen-bond acceptors (Lipinski definition) is 12. The average Bonchev–Trinajstić information content (AvgIpc) is 2.98. The molecule has 5 aromatic rings. The first-order chi connectivity index (χ1) is 21.5. The number of carbonyl (C=O) groups is 2. The summed E-state index contributed by atoms with van der Waals surface area (Å²) in [6, 6.07) is 14.4. The maximum absolute atomic E-state index is 12.2. The third-order valence-corrected chi connectivity index (χ3v) is 8.31. The van der Waals surface area contributed by atoms with Crippen molar-refractivity contribution < 1.29 is 50.8 Å². The van der Waals surface area contributed by atoms with Gasteiger partial charge in [-0.15, -0.1) is 20.5 Å². The van der Waals surface area contributed by atoms with Gasteiger partial charge in [0.1, 0.15) is 16.3 Å². The molecule has 234 valence electrons. The Morgan fingerprint density at radius 1 is 0.630 bits per heavy atom. The van der Waals surface area contributed by atoms with E-state index in [0.717, 1.165) is 18.2 Å². The standard InChI is InChI=1S/C28H19N5O11S2/c29-15-3-1-13-10-24(46(42,43)44)25(26(34)18(13)11-15)33-32-21-7-8-22(19-9-14(27(35)36)2-5-17(19)21)30-31-23-6-4-16(45(39,40)41)12-20(23)28(37)38/h1-12,34H,29H2,(H,35,36)(H,37,38)(H,39,40,41)(H,42,43,44). The minimum absolute atomic E-state index is 0.00916. The van der Waals surface area contributed by atoms with Gasteiger partial charge in [0.05, 0.1) is 27.4 Å². The Morgan fingerprint density at radius 2 is 1.26 bits per heavy atom. The molecule has 0 amide bonds. The normalized spacial score (nSPS) is 12.4. The van der Waals surface area contributed by atoms with E-state index in [9.17, 15) is 50.8 Å². The fourth-order valence-electron chi connectivity index (χ4n) is 4.42. The Bertz CT molecular complexity index is 2410. The molecule has 0 aliphatic heterocycles. The van der Waals surface area contributed by atoms with Crippen molar-refractivity contribution in [3.05, 3.63) is 83.9 Å². The number of azo groups is 2. The van der Waals surface area contributed by atoms with Crippen molar-refractivity contribution in [1.29, 1.82) is 0 Å². The summed E-state index contributed by atoms with van der Waals surface area (Å²) in [4.78, 5) is 22.0. The van der Waals surface area contributed by atoms with E-state index in [1.54, 1.807) is 0 Å². The van der Waals surface area contributed by atoms with Crippen LogP contribution in [0.4, 0.5) is 28.4 Å². The number of carboxylic acid groups (broad SMARTS) is 2. The number of nitrogen functional groups attached to an aromatic ring is 1. The van der Waals surface area contributed by atoms with Gasteiger partial charge in [-0.25, -0.2) is 9.59 Å². The van der Waals surface area contributed by atoms with Crippen LogP contribution in [0.2, 0.25) is 0 Å². The van der Waals surface area contributed by atoms with Crippen LogP contribution in [0, 0.1) is 0 Å². The van der Waals surface area contributed by atoms with Crippen LogP contribution in [0.1, 0.15) is 20.7 Å². The molecular formula is C28H19N5O11S2. The van der Waals surface area contributed by atoms with Gasteiger partial charge in [-0.1, -0.05) is 12.1 Å². The first kappa shape index (κ1) is 31.6. The topological polar surface area (TPSA) is 279 Å². The predicted molar refractivity (Wildman–Crippen MR) is 162 cm³/mol. The SMILES string of the molecule is Nc1ccc2cc(S(=O)(=O)O)c(N=Nc3ccc(N=Nc4ccc(S(=O)(=O)O)cc4C(=O)O)c4cc(C(=O)O)ccc34)c(O)c2c1. The molecule has 18 heteroatoms. The van der Waals surface area contributed by atoms with E-state index in [2.05, 4.69) is 20.5 Å². The second-order valence-electron chi connectivity index (χ2n) is 9.56. The number of rotatable bonds is 8. The van der Waals surface area contributed by atoms with Crippen molar-refractivity contribution in [2.75, 3.05) is 5.73 Å². The van der Waals surface area contributed by atoms with Crippen molar-refractivity contribution in [3.8, 4) is 5.75 Å². The summed E-state index contributed by atoms with van der Waals surface area (Å²) >= 11 is 0. The van der Waals surface area contributed by atoms with Gasteiger partial charge in [0.2, 0.25) is 0 Å². The number of nitrogens with two attached hydrogens (primary N) is 1. The molecule has 0 aromatic heterocycles. The zero-order valence-electron chi connectivity index (χ0n) is 22.8. The Kier molecular flexibility index (Phi) is 7.97. The number of nitrogens with zero attached hydrogens (tertiary/aromatic N) is 4. The highest BCUT2D eigenvalue weighted by molar-refractivity contribution is 7.86. The number of phenolic OH excluding ortho intramolecular Hbond substituents is 1. The summed E-state index contributed by atoms with van der Waals surface area (Å²) in [6.45, 7) is 0. The molecule has 0 unspecified atom stereocenters. The minimum atomic E-state index is -4.91. The van der Waals surface area contributed by atoms with Gasteiger partial charge >= 0.3 is 11.9 Å². The highest BCUT2D eigenvalue weighted by Gasteiger charge is 2.23. The van der Waals surface area contributed by atoms with E-state index in [-0.39, 0.29) is 49.9 Å². The smallest absolute Gasteiger partial charge is 0.338 e. The molecule has 0 aliphatic rings. The maximum atomic E-state index is 12.2. The molecule has 46 heavy (non-hydrogen) atoms. The number of fused-ring (bicyclic) bond motifs is 2. The van der Waals surface area contributed by atoms with E-state index < -0.39 is 59.0 Å². The summed E-state index contributed by atoms with van der Waals surface area (Å²) in [5.41, 5.74) is 4.40. The van der Waals surface area contributed by atoms with Crippen LogP contribution in [0.5, 0.6) is 5.75 Å². The summed E-state index contributed by atoms with van der Waals surface area (Å²) in [6.07, 6.45) is 0. The van der Waals surface area contributed by atoms with Crippen molar-refractivity contribution in [3.63, 3.8) is 0 Å². The fourth-order valence-corrected chi connectivity index (χ4v) is 5.59. The van der Waals surface area contributed by atoms with Gasteiger partial charge in [0.15, 0.2) is 5.75 Å². The summed E-state index contributed by atoms with van der Waals surface area (Å²) < 4.78 is 66.3. The molecule has 16 nitrogen and oxygen atoms in total. The van der Waals surface area contributed by atoms with Crippen LogP contribution in [0.3, 0.4) is 0 Å². The van der Waals surface area contributed by atoms with Crippen LogP contribution in [-0.4, -0.2) is 53.2 Å². The second-order valence-corrected chi connectivity index (χ2v) is 12.4. The summed E-state index contributed by atoms with van der Waals surface area (Å²) in [7, 11) is -9.63. The molecule has 0 spiro atoms. The van der Waals surface area contributed by atoms with Crippen molar-refractivity contribution in [2.45, 2.75) is 9.79 Å². The van der Waals surface area contributed by atoms with Crippen molar-refractivity contribution in [1.82, 2.24) is 0 Å². The van der Waals surface area contributed by atoms with Gasteiger partial charge in [0.25, 0.3) is 20.2 Å². The van der Waals surface area contributed by atoms with Gasteiger partial charge in [-0.2, -0.15) is 16.8 Å². The summed E-state index contributed by atoms with van der Waals surface area (Å²) in [5.74, 6) is -3.51. The molecule has 5 rings (SSSR count). The molecule has 7 N–H and O–H groups in total. The second kappa shape index (κ2) is 11.6. The average molecular weight is 666 g/mol. The number of hydrogen-bond donors (Lipinski definition) is 6. The predicted octanol–water partition coefficient (Wildman–Crippen LogP) is 6.00. The minimum Gasteiger partial charge on any atom is -0.505 e. The number of benzene rings is 5. The van der Waals surface area contributed by atoms with Crippen LogP contribution in [0.25, 0.3) is 21.5 Å². The maximum Gasteiger partial charge on any atom is 0.338 e. The Hall–Kier alpha value is -5.82. The van der Waals surface area contributed by atoms with Gasteiger partial charge < -0.3 is 21.1 Å². The van der Waals surface area contributed by atoms with E-state index in [0.29, 0.717) is 6.07 Å². The van der Waals surface area contributed by atoms with E-state index in [4.69, 9.17) is 5.73 Å². The number of aromatic hydroxyl groups is 1. The Balaban J connectivity index is 1.66. The lowest BCUT2D eigenvalue weighted by atomic mass is 10.0. The largest absolute Gasteiger partial charge is 0.505 e. The van der Waals surface area contributed by atoms with E-state index in [1.165, 1.54) is 48.5 Å². The molecule has 5 aromatic carbocycles. The van der Waals surface area contributed by atoms with Crippen LogP contribution >= 0.6 is 0 Å². The van der Waals surface area contributed by atoms with Crippen LogP contribution in [-0.2, 0) is 20.2 Å². The zero-order chi connectivity index (χ0) is 33.6.